The van der Waals surface area contributed by atoms with Gasteiger partial charge in [-0.1, -0.05) is 16.8 Å². The van der Waals surface area contributed by atoms with Gasteiger partial charge < -0.3 is 9.42 Å². The first kappa shape index (κ1) is 17.5. The van der Waals surface area contributed by atoms with E-state index < -0.39 is 23.4 Å². The van der Waals surface area contributed by atoms with E-state index in [-0.39, 0.29) is 41.3 Å². The van der Waals surface area contributed by atoms with Crippen molar-refractivity contribution < 1.29 is 22.5 Å². The molecule has 0 radical (unpaired) electrons. The maximum absolute atomic E-state index is 14.0. The van der Waals surface area contributed by atoms with Crippen molar-refractivity contribution in [3.63, 3.8) is 0 Å². The summed E-state index contributed by atoms with van der Waals surface area (Å²) in [4.78, 5) is 17.7. The van der Waals surface area contributed by atoms with Gasteiger partial charge in [0.15, 0.2) is 0 Å². The highest BCUT2D eigenvalue weighted by Gasteiger charge is 2.36. The zero-order chi connectivity index (χ0) is 19.1. The Morgan fingerprint density at radius 2 is 1.93 bits per heavy atom. The van der Waals surface area contributed by atoms with E-state index in [4.69, 9.17) is 16.1 Å². The highest BCUT2D eigenvalue weighted by Crippen LogP contribution is 2.33. The number of hydrogen-bond acceptors (Lipinski definition) is 4. The van der Waals surface area contributed by atoms with Crippen molar-refractivity contribution >= 4 is 23.2 Å². The Balaban J connectivity index is 1.57. The summed E-state index contributed by atoms with van der Waals surface area (Å²) >= 11 is 5.75. The molecule has 0 aliphatic carbocycles. The normalized spacial score (nSPS) is 17.0. The first-order valence-corrected chi connectivity index (χ1v) is 8.34. The second-order valence-electron chi connectivity index (χ2n) is 6.09. The molecule has 1 aromatic heterocycles. The van der Waals surface area contributed by atoms with Crippen LogP contribution in [0.1, 0.15) is 18.2 Å². The molecule has 0 N–H and O–H groups in total. The average molecular weight is 394 g/mol. The molecule has 27 heavy (non-hydrogen) atoms. The van der Waals surface area contributed by atoms with Gasteiger partial charge in [-0.3, -0.25) is 4.79 Å². The van der Waals surface area contributed by atoms with Crippen LogP contribution in [-0.4, -0.2) is 22.6 Å². The minimum absolute atomic E-state index is 0.00560. The van der Waals surface area contributed by atoms with Gasteiger partial charge in [-0.05, 0) is 30.3 Å². The van der Waals surface area contributed by atoms with E-state index in [1.807, 2.05) is 0 Å². The monoisotopic (exact) mass is 393 g/mol. The smallest absolute Gasteiger partial charge is 0.232 e. The summed E-state index contributed by atoms with van der Waals surface area (Å²) in [5, 5.41) is 3.76. The van der Waals surface area contributed by atoms with Crippen LogP contribution in [0.3, 0.4) is 0 Å². The molecule has 1 fully saturated rings. The summed E-state index contributed by atoms with van der Waals surface area (Å²) in [5.41, 5.74) is 0.455. The summed E-state index contributed by atoms with van der Waals surface area (Å²) < 4.78 is 45.6. The van der Waals surface area contributed by atoms with Crippen molar-refractivity contribution in [1.82, 2.24) is 10.1 Å². The lowest BCUT2D eigenvalue weighted by molar-refractivity contribution is -0.117. The van der Waals surface area contributed by atoms with E-state index >= 15 is 0 Å². The molecule has 3 aromatic rings. The SMILES string of the molecule is O=C1CC(c2nc(-c3ccc(F)c(Cl)c3)no2)CN1c1ccc(F)cc1F. The number of benzene rings is 2. The van der Waals surface area contributed by atoms with Crippen molar-refractivity contribution in [3.8, 4) is 11.4 Å². The fourth-order valence-electron chi connectivity index (χ4n) is 2.96. The lowest BCUT2D eigenvalue weighted by atomic mass is 10.1. The molecule has 1 saturated heterocycles. The third-order valence-corrected chi connectivity index (χ3v) is 4.58. The van der Waals surface area contributed by atoms with Crippen molar-refractivity contribution in [1.29, 1.82) is 0 Å². The van der Waals surface area contributed by atoms with E-state index in [9.17, 15) is 18.0 Å². The molecular formula is C18H11ClF3N3O2. The molecule has 0 bridgehead atoms. The Morgan fingerprint density at radius 1 is 1.11 bits per heavy atom. The van der Waals surface area contributed by atoms with E-state index in [0.717, 1.165) is 12.1 Å². The second-order valence-corrected chi connectivity index (χ2v) is 6.49. The van der Waals surface area contributed by atoms with Crippen LogP contribution in [0.2, 0.25) is 5.02 Å². The fraction of sp³-hybridized carbons (Fsp3) is 0.167. The van der Waals surface area contributed by atoms with Crippen LogP contribution >= 0.6 is 11.6 Å². The number of hydrogen-bond donors (Lipinski definition) is 0. The van der Waals surface area contributed by atoms with Gasteiger partial charge in [0.25, 0.3) is 0 Å². The maximum atomic E-state index is 14.0. The quantitative estimate of drug-likeness (QED) is 0.664. The lowest BCUT2D eigenvalue weighted by Gasteiger charge is -2.16. The van der Waals surface area contributed by atoms with Gasteiger partial charge in [0.1, 0.15) is 17.5 Å². The van der Waals surface area contributed by atoms with Gasteiger partial charge in [-0.25, -0.2) is 13.2 Å². The number of rotatable bonds is 3. The van der Waals surface area contributed by atoms with E-state index in [0.29, 0.717) is 5.56 Å². The topological polar surface area (TPSA) is 59.2 Å². The van der Waals surface area contributed by atoms with Gasteiger partial charge in [-0.2, -0.15) is 4.98 Å². The largest absolute Gasteiger partial charge is 0.339 e. The summed E-state index contributed by atoms with van der Waals surface area (Å²) in [6.45, 7) is 0.118. The zero-order valence-corrected chi connectivity index (χ0v) is 14.4. The van der Waals surface area contributed by atoms with Crippen molar-refractivity contribution in [2.24, 2.45) is 0 Å². The van der Waals surface area contributed by atoms with E-state index in [1.54, 1.807) is 0 Å². The molecule has 5 nitrogen and oxygen atoms in total. The molecular weight excluding hydrogens is 383 g/mol. The van der Waals surface area contributed by atoms with Gasteiger partial charge in [0, 0.05) is 24.6 Å². The number of amides is 1. The first-order valence-electron chi connectivity index (χ1n) is 7.97. The summed E-state index contributed by atoms with van der Waals surface area (Å²) in [6.07, 6.45) is 0.0443. The predicted octanol–water partition coefficient (Wildman–Crippen LogP) is 4.33. The van der Waals surface area contributed by atoms with Gasteiger partial charge in [0.05, 0.1) is 16.6 Å². The molecule has 4 rings (SSSR count). The fourth-order valence-corrected chi connectivity index (χ4v) is 3.14. The Morgan fingerprint density at radius 3 is 2.67 bits per heavy atom. The molecule has 138 valence electrons. The molecule has 9 heteroatoms. The molecule has 1 amide bonds. The molecule has 1 atom stereocenters. The molecule has 1 unspecified atom stereocenters. The standard InChI is InChI=1S/C18H11ClF3N3O2/c19-12-5-9(1-3-13(12)21)17-23-18(27-24-17)10-6-16(26)25(8-10)15-4-2-11(20)7-14(15)22/h1-5,7,10H,6,8H2. The third-order valence-electron chi connectivity index (χ3n) is 4.29. The Hall–Kier alpha value is -2.87. The van der Waals surface area contributed by atoms with Crippen LogP contribution in [0, 0.1) is 17.5 Å². The molecule has 1 aliphatic heterocycles. The summed E-state index contributed by atoms with van der Waals surface area (Å²) in [5.74, 6) is -2.50. The van der Waals surface area contributed by atoms with Gasteiger partial charge in [0.2, 0.25) is 17.6 Å². The molecule has 2 aromatic carbocycles. The third kappa shape index (κ3) is 3.28. The maximum Gasteiger partial charge on any atom is 0.232 e. The summed E-state index contributed by atoms with van der Waals surface area (Å²) in [7, 11) is 0. The highest BCUT2D eigenvalue weighted by atomic mass is 35.5. The zero-order valence-electron chi connectivity index (χ0n) is 13.6. The van der Waals surface area contributed by atoms with Gasteiger partial charge >= 0.3 is 0 Å². The number of halogens is 4. The van der Waals surface area contributed by atoms with Crippen molar-refractivity contribution in [2.75, 3.05) is 11.4 Å². The molecule has 0 saturated carbocycles. The van der Waals surface area contributed by atoms with Crippen LogP contribution in [0.5, 0.6) is 0 Å². The number of anilines is 1. The molecule has 1 aliphatic rings. The van der Waals surface area contributed by atoms with Gasteiger partial charge in [-0.15, -0.1) is 0 Å². The first-order chi connectivity index (χ1) is 12.9. The minimum atomic E-state index is -0.823. The Kier molecular flexibility index (Phi) is 4.35. The van der Waals surface area contributed by atoms with Crippen LogP contribution in [0.4, 0.5) is 18.9 Å². The number of nitrogens with zero attached hydrogens (tertiary/aromatic N) is 3. The van der Waals surface area contributed by atoms with E-state index in [1.165, 1.54) is 29.2 Å². The second kappa shape index (κ2) is 6.70. The van der Waals surface area contributed by atoms with Crippen LogP contribution in [0.25, 0.3) is 11.4 Å². The molecule has 2 heterocycles. The van der Waals surface area contributed by atoms with Crippen molar-refractivity contribution in [2.45, 2.75) is 12.3 Å². The Labute approximate surface area is 156 Å². The number of aromatic nitrogens is 2. The average Bonchev–Trinajstić information content (AvgIpc) is 3.25. The lowest BCUT2D eigenvalue weighted by Crippen LogP contribution is -2.25. The van der Waals surface area contributed by atoms with Crippen molar-refractivity contribution in [3.05, 3.63) is 64.8 Å². The summed E-state index contributed by atoms with van der Waals surface area (Å²) in [6, 6.07) is 7.03. The predicted molar refractivity (Wildman–Crippen MR) is 90.8 cm³/mol. The minimum Gasteiger partial charge on any atom is -0.339 e. The molecule has 0 spiro atoms. The Bertz CT molecular complexity index is 1040. The number of carbonyl (C=O) groups excluding carboxylic acids is 1. The number of carbonyl (C=O) groups is 1. The highest BCUT2D eigenvalue weighted by molar-refractivity contribution is 6.31. The van der Waals surface area contributed by atoms with Crippen LogP contribution < -0.4 is 4.90 Å². The van der Waals surface area contributed by atoms with E-state index in [2.05, 4.69) is 10.1 Å². The van der Waals surface area contributed by atoms with Crippen LogP contribution in [-0.2, 0) is 4.79 Å². The van der Waals surface area contributed by atoms with Crippen LogP contribution in [0.15, 0.2) is 40.9 Å².